The Hall–Kier alpha value is -2.75. The van der Waals surface area contributed by atoms with Crippen molar-refractivity contribution in [3.8, 4) is 0 Å². The Morgan fingerprint density at radius 1 is 1.19 bits per heavy atom. The Balaban J connectivity index is 1.37. The standard InChI is InChI=1S/C16H16N6O3S/c23-14(24)12-6-18-15(26-12)20-8-3-10(4-8)22-13-11(5-17-7-19-13)21(16(22)25)9-1-2-9/h5-10H,1-4H2,(H,18,20)(H,23,24)/t8-,10-. The molecule has 0 unspecified atom stereocenters. The molecular weight excluding hydrogens is 356 g/mol. The first kappa shape index (κ1) is 15.5. The lowest BCUT2D eigenvalue weighted by Gasteiger charge is -2.36. The number of carboxylic acid groups (broad SMARTS) is 1. The minimum Gasteiger partial charge on any atom is -0.477 e. The van der Waals surface area contributed by atoms with Gasteiger partial charge < -0.3 is 10.4 Å². The maximum Gasteiger partial charge on any atom is 0.347 e. The zero-order valence-corrected chi connectivity index (χ0v) is 14.5. The molecule has 0 amide bonds. The molecule has 9 nitrogen and oxygen atoms in total. The van der Waals surface area contributed by atoms with E-state index in [0.29, 0.717) is 10.8 Å². The molecule has 5 rings (SSSR count). The van der Waals surface area contributed by atoms with Crippen LogP contribution in [-0.2, 0) is 0 Å². The Kier molecular flexibility index (Phi) is 3.36. The minimum atomic E-state index is -0.971. The third kappa shape index (κ3) is 2.40. The van der Waals surface area contributed by atoms with Crippen LogP contribution >= 0.6 is 11.3 Å². The molecule has 2 aliphatic carbocycles. The van der Waals surface area contributed by atoms with E-state index in [1.54, 1.807) is 10.8 Å². The van der Waals surface area contributed by atoms with Gasteiger partial charge in [-0.1, -0.05) is 11.3 Å². The summed E-state index contributed by atoms with van der Waals surface area (Å²) in [5.74, 6) is -0.971. The van der Waals surface area contributed by atoms with Crippen molar-refractivity contribution in [1.82, 2.24) is 24.1 Å². The maximum absolute atomic E-state index is 12.9. The Morgan fingerprint density at radius 2 is 2.00 bits per heavy atom. The number of aromatic nitrogens is 5. The number of anilines is 1. The number of carboxylic acids is 1. The molecule has 2 fully saturated rings. The van der Waals surface area contributed by atoms with Gasteiger partial charge in [0.05, 0.1) is 12.4 Å². The van der Waals surface area contributed by atoms with Gasteiger partial charge in [0.15, 0.2) is 10.8 Å². The highest BCUT2D eigenvalue weighted by molar-refractivity contribution is 7.17. The van der Waals surface area contributed by atoms with E-state index in [2.05, 4.69) is 20.3 Å². The van der Waals surface area contributed by atoms with Gasteiger partial charge in [0.2, 0.25) is 0 Å². The fourth-order valence-electron chi connectivity index (χ4n) is 3.53. The van der Waals surface area contributed by atoms with E-state index in [4.69, 9.17) is 5.11 Å². The second-order valence-corrected chi connectivity index (χ2v) is 7.82. The van der Waals surface area contributed by atoms with Crippen LogP contribution in [0.25, 0.3) is 11.2 Å². The number of imidazole rings is 1. The number of aromatic carboxylic acids is 1. The molecule has 2 N–H and O–H groups in total. The molecule has 0 bridgehead atoms. The Bertz CT molecular complexity index is 1060. The molecule has 3 aromatic heterocycles. The normalized spacial score (nSPS) is 22.3. The van der Waals surface area contributed by atoms with Crippen LogP contribution in [0.4, 0.5) is 5.13 Å². The Labute approximate surface area is 151 Å². The van der Waals surface area contributed by atoms with Crippen molar-refractivity contribution in [2.75, 3.05) is 5.32 Å². The second-order valence-electron chi connectivity index (χ2n) is 6.79. The number of hydrogen-bond acceptors (Lipinski definition) is 7. The van der Waals surface area contributed by atoms with Gasteiger partial charge >= 0.3 is 11.7 Å². The zero-order chi connectivity index (χ0) is 17.8. The summed E-state index contributed by atoms with van der Waals surface area (Å²) in [5.41, 5.74) is 1.50. The van der Waals surface area contributed by atoms with E-state index in [0.717, 1.165) is 42.5 Å². The lowest BCUT2D eigenvalue weighted by atomic mass is 9.86. The van der Waals surface area contributed by atoms with Crippen molar-refractivity contribution >= 4 is 33.6 Å². The summed E-state index contributed by atoms with van der Waals surface area (Å²) in [7, 11) is 0. The maximum atomic E-state index is 12.9. The highest BCUT2D eigenvalue weighted by atomic mass is 32.1. The molecule has 2 saturated carbocycles. The smallest absolute Gasteiger partial charge is 0.347 e. The van der Waals surface area contributed by atoms with Crippen LogP contribution in [0.5, 0.6) is 0 Å². The van der Waals surface area contributed by atoms with Gasteiger partial charge in [-0.15, -0.1) is 0 Å². The summed E-state index contributed by atoms with van der Waals surface area (Å²) in [4.78, 5) is 36.6. The van der Waals surface area contributed by atoms with E-state index in [9.17, 15) is 9.59 Å². The number of rotatable bonds is 5. The number of carbonyl (C=O) groups is 1. The summed E-state index contributed by atoms with van der Waals surface area (Å²) < 4.78 is 3.62. The van der Waals surface area contributed by atoms with Crippen molar-refractivity contribution in [3.63, 3.8) is 0 Å². The largest absolute Gasteiger partial charge is 0.477 e. The molecule has 134 valence electrons. The SMILES string of the molecule is O=C(O)c1cnc(N[C@H]2C[C@H](n3c(=O)n(C4CC4)c4cncnc43)C2)s1. The third-order valence-electron chi connectivity index (χ3n) is 5.01. The molecule has 10 heteroatoms. The first-order valence-corrected chi connectivity index (χ1v) is 9.31. The highest BCUT2D eigenvalue weighted by Gasteiger charge is 2.36. The fourth-order valence-corrected chi connectivity index (χ4v) is 4.26. The van der Waals surface area contributed by atoms with Gasteiger partial charge in [-0.05, 0) is 25.7 Å². The Morgan fingerprint density at radius 3 is 2.69 bits per heavy atom. The molecule has 3 heterocycles. The number of fused-ring (bicyclic) bond motifs is 1. The average Bonchev–Trinajstić information content (AvgIpc) is 3.22. The summed E-state index contributed by atoms with van der Waals surface area (Å²) in [6.45, 7) is 0. The minimum absolute atomic E-state index is 0.00568. The van der Waals surface area contributed by atoms with Crippen LogP contribution in [0, 0.1) is 0 Å². The first-order valence-electron chi connectivity index (χ1n) is 8.50. The van der Waals surface area contributed by atoms with Crippen LogP contribution in [0.1, 0.15) is 47.4 Å². The summed E-state index contributed by atoms with van der Waals surface area (Å²) in [6, 6.07) is 0.521. The van der Waals surface area contributed by atoms with Crippen LogP contribution in [0.15, 0.2) is 23.5 Å². The molecule has 0 aromatic carbocycles. The van der Waals surface area contributed by atoms with E-state index >= 15 is 0 Å². The van der Waals surface area contributed by atoms with Gasteiger partial charge in [-0.3, -0.25) is 9.13 Å². The summed E-state index contributed by atoms with van der Waals surface area (Å²) in [6.07, 6.45) is 8.15. The van der Waals surface area contributed by atoms with E-state index in [1.807, 2.05) is 4.57 Å². The highest BCUT2D eigenvalue weighted by Crippen LogP contribution is 2.39. The predicted octanol–water partition coefficient (Wildman–Crippen LogP) is 1.90. The molecule has 2 aliphatic rings. The van der Waals surface area contributed by atoms with Crippen molar-refractivity contribution in [1.29, 1.82) is 0 Å². The van der Waals surface area contributed by atoms with Gasteiger partial charge in [-0.2, -0.15) is 0 Å². The van der Waals surface area contributed by atoms with Crippen molar-refractivity contribution < 1.29 is 9.90 Å². The van der Waals surface area contributed by atoms with Gasteiger partial charge in [0, 0.05) is 18.1 Å². The quantitative estimate of drug-likeness (QED) is 0.703. The van der Waals surface area contributed by atoms with Gasteiger partial charge in [-0.25, -0.2) is 24.5 Å². The van der Waals surface area contributed by atoms with Gasteiger partial charge in [0.25, 0.3) is 0 Å². The van der Waals surface area contributed by atoms with Crippen molar-refractivity contribution in [3.05, 3.63) is 34.1 Å². The fraction of sp³-hybridized carbons (Fsp3) is 0.438. The third-order valence-corrected chi connectivity index (χ3v) is 5.92. The second kappa shape index (κ2) is 5.63. The monoisotopic (exact) mass is 372 g/mol. The van der Waals surface area contributed by atoms with Crippen molar-refractivity contribution in [2.45, 2.75) is 43.8 Å². The number of nitrogens with one attached hydrogen (secondary N) is 1. The molecule has 0 radical (unpaired) electrons. The lowest BCUT2D eigenvalue weighted by molar-refractivity contribution is 0.0702. The predicted molar refractivity (Wildman–Crippen MR) is 94.8 cm³/mol. The summed E-state index contributed by atoms with van der Waals surface area (Å²) in [5, 5.41) is 12.8. The number of hydrogen-bond donors (Lipinski definition) is 2. The number of nitrogens with zero attached hydrogens (tertiary/aromatic N) is 5. The topological polar surface area (TPSA) is 115 Å². The molecule has 0 saturated heterocycles. The average molecular weight is 372 g/mol. The zero-order valence-electron chi connectivity index (χ0n) is 13.7. The van der Waals surface area contributed by atoms with Crippen LogP contribution in [0.2, 0.25) is 0 Å². The van der Waals surface area contributed by atoms with E-state index < -0.39 is 5.97 Å². The molecule has 0 spiro atoms. The molecule has 26 heavy (non-hydrogen) atoms. The number of thiazole rings is 1. The van der Waals surface area contributed by atoms with Crippen LogP contribution < -0.4 is 11.0 Å². The lowest BCUT2D eigenvalue weighted by Crippen LogP contribution is -2.41. The van der Waals surface area contributed by atoms with E-state index in [-0.39, 0.29) is 28.7 Å². The van der Waals surface area contributed by atoms with E-state index in [1.165, 1.54) is 12.5 Å². The van der Waals surface area contributed by atoms with Crippen LogP contribution in [0.3, 0.4) is 0 Å². The molecule has 0 aliphatic heterocycles. The summed E-state index contributed by atoms with van der Waals surface area (Å²) >= 11 is 1.12. The van der Waals surface area contributed by atoms with Crippen LogP contribution in [-0.4, -0.2) is 41.2 Å². The van der Waals surface area contributed by atoms with Crippen molar-refractivity contribution in [2.24, 2.45) is 0 Å². The molecular formula is C16H16N6O3S. The first-order chi connectivity index (χ1) is 12.6. The van der Waals surface area contributed by atoms with Gasteiger partial charge in [0.1, 0.15) is 16.7 Å². The molecule has 3 aromatic rings. The molecule has 0 atom stereocenters.